The molecule has 3 aliphatic heterocycles. The minimum absolute atomic E-state index is 0.158. The van der Waals surface area contributed by atoms with Gasteiger partial charge in [0, 0.05) is 23.0 Å². The number of piperidine rings is 1. The van der Waals surface area contributed by atoms with E-state index in [4.69, 9.17) is 21.1 Å². The number of carboxylic acid groups (broad SMARTS) is 1. The largest absolute Gasteiger partial charge is 0.493 e. The Kier molecular flexibility index (Phi) is 4.03. The van der Waals surface area contributed by atoms with Crippen LogP contribution < -0.4 is 25.6 Å². The molecule has 2 bridgehead atoms. The van der Waals surface area contributed by atoms with Crippen molar-refractivity contribution in [3.63, 3.8) is 0 Å². The highest BCUT2D eigenvalue weighted by atomic mass is 35.5. The minimum Gasteiger partial charge on any atom is -0.493 e. The fourth-order valence-corrected chi connectivity index (χ4v) is 4.88. The SMILES string of the molecule is COc1cccc2c1OC1(C(=O)O)CC2NC2NNC(c3ccc(Cl)cc3)C21. The number of benzene rings is 2. The van der Waals surface area contributed by atoms with Crippen molar-refractivity contribution in [2.45, 2.75) is 30.3 Å². The Morgan fingerprint density at radius 2 is 2.04 bits per heavy atom. The number of rotatable bonds is 3. The van der Waals surface area contributed by atoms with E-state index in [1.54, 1.807) is 25.3 Å². The van der Waals surface area contributed by atoms with Crippen molar-refractivity contribution in [3.05, 3.63) is 58.6 Å². The summed E-state index contributed by atoms with van der Waals surface area (Å²) in [5.41, 5.74) is 6.93. The second kappa shape index (κ2) is 6.35. The van der Waals surface area contributed by atoms with Gasteiger partial charge in [-0.25, -0.2) is 15.6 Å². The smallest absolute Gasteiger partial charge is 0.348 e. The van der Waals surface area contributed by atoms with Gasteiger partial charge < -0.3 is 14.6 Å². The van der Waals surface area contributed by atoms with E-state index in [0.717, 1.165) is 11.1 Å². The van der Waals surface area contributed by atoms with Crippen molar-refractivity contribution in [1.29, 1.82) is 0 Å². The third-order valence-electron chi connectivity index (χ3n) is 6.02. The summed E-state index contributed by atoms with van der Waals surface area (Å²) >= 11 is 6.03. The maximum absolute atomic E-state index is 12.6. The molecular formula is C20H20ClN3O4. The number of fused-ring (bicyclic) bond motifs is 6. The summed E-state index contributed by atoms with van der Waals surface area (Å²) in [6.07, 6.45) is 0.0618. The van der Waals surface area contributed by atoms with Gasteiger partial charge in [-0.05, 0) is 23.8 Å². The summed E-state index contributed by atoms with van der Waals surface area (Å²) < 4.78 is 11.7. The maximum atomic E-state index is 12.6. The number of carboxylic acids is 1. The predicted octanol–water partition coefficient (Wildman–Crippen LogP) is 2.39. The van der Waals surface area contributed by atoms with Gasteiger partial charge in [0.05, 0.1) is 25.2 Å². The van der Waals surface area contributed by atoms with Crippen LogP contribution in [-0.2, 0) is 4.79 Å². The number of hydrazine groups is 1. The zero-order valence-electron chi connectivity index (χ0n) is 15.1. The Morgan fingerprint density at radius 1 is 1.25 bits per heavy atom. The van der Waals surface area contributed by atoms with Crippen molar-refractivity contribution >= 4 is 17.6 Å². The molecule has 146 valence electrons. The molecule has 2 aromatic rings. The molecule has 0 spiro atoms. The number of para-hydroxylation sites is 1. The molecule has 0 amide bonds. The van der Waals surface area contributed by atoms with Crippen LogP contribution in [0.1, 0.15) is 29.6 Å². The molecule has 5 atom stereocenters. The standard InChI is InChI=1S/C20H20ClN3O4/c1-27-14-4-2-3-12-13-9-20(19(25)26,28-17(12)14)15-16(23-24-18(15)22-13)10-5-7-11(21)8-6-10/h2-8,13,15-16,18,22-24H,9H2,1H3,(H,25,26). The van der Waals surface area contributed by atoms with E-state index in [1.165, 1.54) is 0 Å². The van der Waals surface area contributed by atoms with E-state index in [0.29, 0.717) is 22.9 Å². The normalized spacial score (nSPS) is 32.8. The van der Waals surface area contributed by atoms with Gasteiger partial charge in [-0.15, -0.1) is 0 Å². The summed E-state index contributed by atoms with van der Waals surface area (Å²) in [7, 11) is 1.56. The third-order valence-corrected chi connectivity index (χ3v) is 6.27. The van der Waals surface area contributed by atoms with Gasteiger partial charge in [-0.2, -0.15) is 0 Å². The highest BCUT2D eigenvalue weighted by molar-refractivity contribution is 6.30. The molecule has 3 aliphatic rings. The first kappa shape index (κ1) is 17.8. The number of aliphatic carboxylic acids is 1. The molecule has 0 aromatic heterocycles. The summed E-state index contributed by atoms with van der Waals surface area (Å²) in [5.74, 6) is -0.332. The zero-order valence-corrected chi connectivity index (χ0v) is 15.9. The Balaban J connectivity index is 1.63. The van der Waals surface area contributed by atoms with Crippen LogP contribution in [0.4, 0.5) is 0 Å². The van der Waals surface area contributed by atoms with Crippen LogP contribution in [0.15, 0.2) is 42.5 Å². The monoisotopic (exact) mass is 401 g/mol. The van der Waals surface area contributed by atoms with E-state index >= 15 is 0 Å². The molecule has 5 unspecified atom stereocenters. The molecule has 0 radical (unpaired) electrons. The molecule has 4 N–H and O–H groups in total. The van der Waals surface area contributed by atoms with E-state index in [2.05, 4.69) is 16.2 Å². The lowest BCUT2D eigenvalue weighted by atomic mass is 9.69. The van der Waals surface area contributed by atoms with Gasteiger partial charge in [-0.1, -0.05) is 35.9 Å². The van der Waals surface area contributed by atoms with Gasteiger partial charge >= 0.3 is 5.97 Å². The van der Waals surface area contributed by atoms with Gasteiger partial charge in [0.15, 0.2) is 11.5 Å². The van der Waals surface area contributed by atoms with Crippen molar-refractivity contribution < 1.29 is 19.4 Å². The molecule has 2 saturated heterocycles. The fourth-order valence-electron chi connectivity index (χ4n) is 4.75. The van der Waals surface area contributed by atoms with Gasteiger partial charge in [0.25, 0.3) is 0 Å². The first-order valence-electron chi connectivity index (χ1n) is 9.15. The van der Waals surface area contributed by atoms with E-state index in [1.807, 2.05) is 24.3 Å². The Morgan fingerprint density at radius 3 is 2.75 bits per heavy atom. The number of methoxy groups -OCH3 is 1. The number of hydrogen-bond donors (Lipinski definition) is 4. The number of halogens is 1. The van der Waals surface area contributed by atoms with Crippen LogP contribution in [0.25, 0.3) is 0 Å². The fraction of sp³-hybridized carbons (Fsp3) is 0.350. The van der Waals surface area contributed by atoms with Crippen LogP contribution in [0.3, 0.4) is 0 Å². The molecule has 2 aromatic carbocycles. The van der Waals surface area contributed by atoms with Crippen LogP contribution in [0.2, 0.25) is 5.02 Å². The van der Waals surface area contributed by atoms with Crippen molar-refractivity contribution in [1.82, 2.24) is 16.2 Å². The van der Waals surface area contributed by atoms with Crippen molar-refractivity contribution in [2.75, 3.05) is 7.11 Å². The van der Waals surface area contributed by atoms with Gasteiger partial charge in [0.2, 0.25) is 5.60 Å². The summed E-state index contributed by atoms with van der Waals surface area (Å²) in [4.78, 5) is 12.6. The van der Waals surface area contributed by atoms with E-state index in [-0.39, 0.29) is 24.2 Å². The molecule has 0 saturated carbocycles. The Labute approximate surface area is 166 Å². The predicted molar refractivity (Wildman–Crippen MR) is 102 cm³/mol. The molecular weight excluding hydrogens is 382 g/mol. The summed E-state index contributed by atoms with van der Waals surface area (Å²) in [6.45, 7) is 0. The Bertz CT molecular complexity index is 938. The summed E-state index contributed by atoms with van der Waals surface area (Å²) in [6, 6.07) is 12.6. The lowest BCUT2D eigenvalue weighted by Gasteiger charge is -2.50. The van der Waals surface area contributed by atoms with E-state index < -0.39 is 11.6 Å². The Hall–Kier alpha value is -2.32. The minimum atomic E-state index is -1.40. The average molecular weight is 402 g/mol. The number of nitrogens with one attached hydrogen (secondary N) is 3. The van der Waals surface area contributed by atoms with Crippen molar-refractivity contribution in [2.24, 2.45) is 5.92 Å². The lowest BCUT2D eigenvalue weighted by Crippen LogP contribution is -2.66. The van der Waals surface area contributed by atoms with Crippen LogP contribution in [0, 0.1) is 5.92 Å². The lowest BCUT2D eigenvalue weighted by molar-refractivity contribution is -0.170. The number of hydrogen-bond acceptors (Lipinski definition) is 6. The molecule has 0 aliphatic carbocycles. The topological polar surface area (TPSA) is 91.9 Å². The first-order chi connectivity index (χ1) is 13.5. The summed E-state index contributed by atoms with van der Waals surface area (Å²) in [5, 5.41) is 14.5. The average Bonchev–Trinajstić information content (AvgIpc) is 3.12. The molecule has 28 heavy (non-hydrogen) atoms. The van der Waals surface area contributed by atoms with Crippen molar-refractivity contribution in [3.8, 4) is 11.5 Å². The molecule has 2 fully saturated rings. The maximum Gasteiger partial charge on any atom is 0.348 e. The molecule has 5 rings (SSSR count). The van der Waals surface area contributed by atoms with Crippen LogP contribution in [0.5, 0.6) is 11.5 Å². The van der Waals surface area contributed by atoms with Crippen LogP contribution in [-0.4, -0.2) is 30.0 Å². The second-order valence-corrected chi connectivity index (χ2v) is 7.86. The second-order valence-electron chi connectivity index (χ2n) is 7.42. The molecule has 7 nitrogen and oxygen atoms in total. The quantitative estimate of drug-likeness (QED) is 0.627. The highest BCUT2D eigenvalue weighted by Crippen LogP contribution is 2.54. The zero-order chi connectivity index (χ0) is 19.5. The van der Waals surface area contributed by atoms with Gasteiger partial charge in [-0.3, -0.25) is 5.32 Å². The first-order valence-corrected chi connectivity index (χ1v) is 9.53. The molecule has 8 heteroatoms. The highest BCUT2D eigenvalue weighted by Gasteiger charge is 2.64. The van der Waals surface area contributed by atoms with Crippen LogP contribution >= 0.6 is 11.6 Å². The van der Waals surface area contributed by atoms with E-state index in [9.17, 15) is 9.90 Å². The third kappa shape index (κ3) is 2.44. The molecule has 3 heterocycles. The number of ether oxygens (including phenoxy) is 2. The van der Waals surface area contributed by atoms with Gasteiger partial charge in [0.1, 0.15) is 0 Å². The number of carbonyl (C=O) groups is 1.